The minimum absolute atomic E-state index is 0.0175. The highest BCUT2D eigenvalue weighted by Gasteiger charge is 2.49. The first kappa shape index (κ1) is 29.3. The van der Waals surface area contributed by atoms with Crippen LogP contribution in [0, 0.1) is 6.92 Å². The molecule has 2 aliphatic heterocycles. The van der Waals surface area contributed by atoms with Crippen LogP contribution in [0.4, 0.5) is 4.79 Å². The molecule has 39 heavy (non-hydrogen) atoms. The second kappa shape index (κ2) is 11.8. The molecule has 2 heterocycles. The zero-order chi connectivity index (χ0) is 28.3. The predicted octanol–water partition coefficient (Wildman–Crippen LogP) is 4.03. The number of nitrogens with one attached hydrogen (secondary N) is 2. The molecule has 2 N–H and O–H groups in total. The summed E-state index contributed by atoms with van der Waals surface area (Å²) in [7, 11) is -3.72. The van der Waals surface area contributed by atoms with Gasteiger partial charge in [-0.15, -0.1) is 0 Å². The fourth-order valence-electron chi connectivity index (χ4n) is 5.70. The van der Waals surface area contributed by atoms with Gasteiger partial charge >= 0.3 is 6.09 Å². The first-order valence-corrected chi connectivity index (χ1v) is 15.4. The van der Waals surface area contributed by atoms with E-state index in [0.717, 1.165) is 37.0 Å². The lowest BCUT2D eigenvalue weighted by atomic mass is 9.75. The number of likely N-dealkylation sites (tertiary alicyclic amines) is 1. The summed E-state index contributed by atoms with van der Waals surface area (Å²) in [5.41, 5.74) is 0.635. The molecule has 1 aromatic carbocycles. The van der Waals surface area contributed by atoms with Crippen LogP contribution in [0.25, 0.3) is 0 Å². The Morgan fingerprint density at radius 3 is 2.44 bits per heavy atom. The number of hydrogen-bond donors (Lipinski definition) is 2. The van der Waals surface area contributed by atoms with E-state index in [1.807, 2.05) is 27.7 Å². The quantitative estimate of drug-likeness (QED) is 0.504. The van der Waals surface area contributed by atoms with Crippen molar-refractivity contribution in [3.05, 3.63) is 29.8 Å². The lowest BCUT2D eigenvalue weighted by Gasteiger charge is -2.52. The first-order valence-electron chi connectivity index (χ1n) is 13.9. The largest absolute Gasteiger partial charge is 0.444 e. The van der Waals surface area contributed by atoms with Gasteiger partial charge in [0.2, 0.25) is 5.91 Å². The van der Waals surface area contributed by atoms with Crippen LogP contribution < -0.4 is 10.1 Å². The van der Waals surface area contributed by atoms with Crippen molar-refractivity contribution in [3.8, 4) is 0 Å². The van der Waals surface area contributed by atoms with E-state index in [2.05, 4.69) is 15.2 Å². The zero-order valence-electron chi connectivity index (χ0n) is 23.5. The number of rotatable bonds is 6. The molecule has 11 heteroatoms. The third kappa shape index (κ3) is 7.51. The summed E-state index contributed by atoms with van der Waals surface area (Å²) in [6.45, 7) is 8.31. The number of amides is 2. The molecule has 0 unspecified atom stereocenters. The molecule has 1 saturated carbocycles. The number of nitrogens with zero attached hydrogens (tertiary/aromatic N) is 2. The van der Waals surface area contributed by atoms with Gasteiger partial charge in [0.05, 0.1) is 29.2 Å². The highest BCUT2D eigenvalue weighted by molar-refractivity contribution is 7.89. The van der Waals surface area contributed by atoms with Gasteiger partial charge in [-0.05, 0) is 91.2 Å². The monoisotopic (exact) mass is 562 g/mol. The Morgan fingerprint density at radius 1 is 1.13 bits per heavy atom. The number of hydrazone groups is 1. The van der Waals surface area contributed by atoms with Gasteiger partial charge in [-0.1, -0.05) is 17.7 Å². The summed E-state index contributed by atoms with van der Waals surface area (Å²) in [6, 6.07) is 6.32. The lowest BCUT2D eigenvalue weighted by Crippen LogP contribution is -2.69. The van der Waals surface area contributed by atoms with E-state index in [-0.39, 0.29) is 29.0 Å². The van der Waals surface area contributed by atoms with Crippen molar-refractivity contribution in [2.75, 3.05) is 13.2 Å². The number of hydrogen-bond acceptors (Lipinski definition) is 7. The van der Waals surface area contributed by atoms with E-state index in [4.69, 9.17) is 9.47 Å². The molecule has 10 nitrogen and oxygen atoms in total. The lowest BCUT2D eigenvalue weighted by molar-refractivity contribution is -0.129. The van der Waals surface area contributed by atoms with E-state index in [1.54, 1.807) is 29.2 Å². The average molecular weight is 563 g/mol. The van der Waals surface area contributed by atoms with Gasteiger partial charge in [0, 0.05) is 18.7 Å². The normalized spacial score (nSPS) is 26.2. The van der Waals surface area contributed by atoms with Gasteiger partial charge in [0.1, 0.15) is 5.60 Å². The maximum absolute atomic E-state index is 13.2. The Kier molecular flexibility index (Phi) is 8.90. The molecular weight excluding hydrogens is 520 g/mol. The van der Waals surface area contributed by atoms with Crippen molar-refractivity contribution in [2.45, 2.75) is 114 Å². The van der Waals surface area contributed by atoms with Crippen molar-refractivity contribution in [1.82, 2.24) is 15.0 Å². The van der Waals surface area contributed by atoms with Crippen LogP contribution in [0.2, 0.25) is 0 Å². The summed E-state index contributed by atoms with van der Waals surface area (Å²) >= 11 is 0. The van der Waals surface area contributed by atoms with Crippen molar-refractivity contribution < 1.29 is 27.5 Å². The number of aryl methyl sites for hydroxylation is 1. The fourth-order valence-corrected chi connectivity index (χ4v) is 6.55. The molecule has 1 aromatic rings. The molecule has 2 amide bonds. The van der Waals surface area contributed by atoms with Gasteiger partial charge in [-0.25, -0.2) is 9.63 Å². The van der Waals surface area contributed by atoms with Crippen LogP contribution in [0.15, 0.2) is 34.3 Å². The number of ether oxygens (including phenoxy) is 2. The average Bonchev–Trinajstić information content (AvgIpc) is 2.86. The molecule has 2 saturated heterocycles. The summed E-state index contributed by atoms with van der Waals surface area (Å²) in [4.78, 5) is 29.9. The Labute approximate surface area is 231 Å². The van der Waals surface area contributed by atoms with Gasteiger partial charge in [-0.3, -0.25) is 4.79 Å². The minimum Gasteiger partial charge on any atom is -0.444 e. The molecule has 3 fully saturated rings. The molecule has 0 bridgehead atoms. The van der Waals surface area contributed by atoms with E-state index in [1.165, 1.54) is 0 Å². The summed E-state index contributed by atoms with van der Waals surface area (Å²) in [5, 5.41) is 7.41. The number of sulfonamides is 1. The maximum atomic E-state index is 13.2. The highest BCUT2D eigenvalue weighted by Crippen LogP contribution is 2.36. The first-order chi connectivity index (χ1) is 18.4. The summed E-state index contributed by atoms with van der Waals surface area (Å²) < 4.78 is 37.2. The smallest absolute Gasteiger partial charge is 0.410 e. The number of benzene rings is 1. The van der Waals surface area contributed by atoms with Gasteiger partial charge in [0.25, 0.3) is 10.0 Å². The molecule has 4 rings (SSSR count). The summed E-state index contributed by atoms with van der Waals surface area (Å²) in [5.74, 6) is 0.0175. The molecule has 1 aliphatic carbocycles. The van der Waals surface area contributed by atoms with Crippen molar-refractivity contribution >= 4 is 27.7 Å². The Balaban J connectivity index is 1.37. The van der Waals surface area contributed by atoms with Crippen LogP contribution in [0.5, 0.6) is 0 Å². The van der Waals surface area contributed by atoms with Crippen LogP contribution in [-0.2, 0) is 24.3 Å². The van der Waals surface area contributed by atoms with Crippen LogP contribution in [-0.4, -0.2) is 67.5 Å². The third-order valence-electron chi connectivity index (χ3n) is 7.73. The van der Waals surface area contributed by atoms with Crippen molar-refractivity contribution in [2.24, 2.45) is 5.10 Å². The molecule has 0 radical (unpaired) electrons. The molecule has 1 spiro atoms. The molecule has 2 atom stereocenters. The van der Waals surface area contributed by atoms with E-state index in [0.29, 0.717) is 45.3 Å². The molecule has 3 aliphatic rings. The Bertz CT molecular complexity index is 1160. The Morgan fingerprint density at radius 2 is 1.79 bits per heavy atom. The second-order valence-corrected chi connectivity index (χ2v) is 13.6. The van der Waals surface area contributed by atoms with Crippen LogP contribution in [0.3, 0.4) is 0 Å². The Hall–Kier alpha value is -2.66. The van der Waals surface area contributed by atoms with Gasteiger partial charge in [0.15, 0.2) is 0 Å². The standard InChI is InChI=1S/C28H42N4O6S/c1-20-8-14-23(15-9-20)39(35,36)31-30-21-10-12-22(13-11-21)37-19-24-28(16-5-7-25(33)29-28)17-6-18-32(24)26(34)38-27(2,3)4/h8-9,14-15,22,24,31H,5-7,10-13,16-19H2,1-4H3,(H,29,33)/t22?,24-,28-/m0/s1. The highest BCUT2D eigenvalue weighted by atomic mass is 32.2. The van der Waals surface area contributed by atoms with Crippen LogP contribution in [0.1, 0.15) is 84.1 Å². The van der Waals surface area contributed by atoms with E-state index in [9.17, 15) is 18.0 Å². The molecule has 216 valence electrons. The van der Waals surface area contributed by atoms with Gasteiger partial charge in [-0.2, -0.15) is 13.5 Å². The number of carbonyl (C=O) groups is 2. The SMILES string of the molecule is Cc1ccc(S(=O)(=O)NN=C2CCC(OC[C@@H]3N(C(=O)OC(C)(C)C)CCC[C@@]34CCCC(=O)N4)CC2)cc1. The van der Waals surface area contributed by atoms with Gasteiger partial charge < -0.3 is 19.7 Å². The molecule has 0 aromatic heterocycles. The third-order valence-corrected chi connectivity index (χ3v) is 8.96. The number of piperidine rings is 2. The van der Waals surface area contributed by atoms with Crippen molar-refractivity contribution in [3.63, 3.8) is 0 Å². The van der Waals surface area contributed by atoms with Crippen molar-refractivity contribution in [1.29, 1.82) is 0 Å². The number of carbonyl (C=O) groups excluding carboxylic acids is 2. The zero-order valence-corrected chi connectivity index (χ0v) is 24.3. The molecular formula is C28H42N4O6S. The van der Waals surface area contributed by atoms with E-state index >= 15 is 0 Å². The topological polar surface area (TPSA) is 126 Å². The summed E-state index contributed by atoms with van der Waals surface area (Å²) in [6.07, 6.45) is 5.87. The van der Waals surface area contributed by atoms with E-state index < -0.39 is 21.2 Å². The fraction of sp³-hybridized carbons (Fsp3) is 0.679. The second-order valence-electron chi connectivity index (χ2n) is 12.0. The minimum atomic E-state index is -3.72. The van der Waals surface area contributed by atoms with Crippen LogP contribution >= 0.6 is 0 Å². The maximum Gasteiger partial charge on any atom is 0.410 e. The predicted molar refractivity (Wildman–Crippen MR) is 148 cm³/mol.